The number of hydrogen-bond donors (Lipinski definition) is 0. The maximum absolute atomic E-state index is 14.9. The molecule has 19 heteroatoms. The first-order valence-corrected chi connectivity index (χ1v) is 12.8. The molecule has 238 valence electrons. The van der Waals surface area contributed by atoms with Gasteiger partial charge >= 0.3 is 24.6 Å². The number of nitrogens with zero attached hydrogens (tertiary/aromatic N) is 6. The van der Waals surface area contributed by atoms with Crippen LogP contribution in [0.15, 0.2) is 30.6 Å². The number of halogens is 10. The average molecular weight is 659 g/mol. The van der Waals surface area contributed by atoms with Crippen LogP contribution >= 0.6 is 11.6 Å². The van der Waals surface area contributed by atoms with E-state index in [2.05, 4.69) is 21.0 Å². The highest BCUT2D eigenvalue weighted by atomic mass is 35.5. The van der Waals surface area contributed by atoms with Crippen LogP contribution in [0.2, 0.25) is 5.02 Å². The molecule has 0 atom stereocenters. The summed E-state index contributed by atoms with van der Waals surface area (Å²) >= 11 is 6.27. The molecule has 1 aliphatic carbocycles. The third kappa shape index (κ3) is 5.65. The van der Waals surface area contributed by atoms with Gasteiger partial charge in [0.1, 0.15) is 12.3 Å². The highest BCUT2D eigenvalue weighted by Gasteiger charge is 2.76. The zero-order chi connectivity index (χ0) is 32.8. The van der Waals surface area contributed by atoms with E-state index in [0.717, 1.165) is 19.4 Å². The van der Waals surface area contributed by atoms with Crippen LogP contribution < -0.4 is 4.74 Å². The predicted octanol–water partition coefficient (Wildman–Crippen LogP) is 6.31. The minimum atomic E-state index is -6.67. The molecule has 0 radical (unpaired) electrons. The lowest BCUT2D eigenvalue weighted by molar-refractivity contribution is -0.350. The second kappa shape index (κ2) is 11.5. The minimum absolute atomic E-state index is 0.0242. The van der Waals surface area contributed by atoms with Crippen LogP contribution in [0.5, 0.6) is 5.75 Å². The Morgan fingerprint density at radius 2 is 1.80 bits per heavy atom. The zero-order valence-corrected chi connectivity index (χ0v) is 23.2. The number of amides is 1. The Morgan fingerprint density at radius 1 is 1.16 bits per heavy atom. The van der Waals surface area contributed by atoms with E-state index in [1.54, 1.807) is 6.92 Å². The molecule has 3 aromatic rings. The summed E-state index contributed by atoms with van der Waals surface area (Å²) in [7, 11) is 0.764. The summed E-state index contributed by atoms with van der Waals surface area (Å²) in [6.07, 6.45) is -10.5. The maximum atomic E-state index is 14.9. The molecule has 9 nitrogen and oxygen atoms in total. The molecular weight excluding hydrogens is 639 g/mol. The SMILES string of the molecule is CCOCN(C(=O)c1cc(-c2cnn(-c3c(OC(F)F)c(C(F)(C(F)(F)F)C(F)(F)F)nn3C)c2)ccc1Cl)C1(C#N)CC1. The Balaban J connectivity index is 1.80. The predicted molar refractivity (Wildman–Crippen MR) is 133 cm³/mol. The van der Waals surface area contributed by atoms with E-state index >= 15 is 0 Å². The summed E-state index contributed by atoms with van der Waals surface area (Å²) in [5.41, 5.74) is -9.62. The van der Waals surface area contributed by atoms with Crippen LogP contribution in [0.4, 0.5) is 39.5 Å². The van der Waals surface area contributed by atoms with Crippen molar-refractivity contribution in [3.63, 3.8) is 0 Å². The van der Waals surface area contributed by atoms with E-state index in [1.807, 2.05) is 0 Å². The standard InChI is InChI=1S/C25H20ClF9N6O3/c1-3-43-12-40(22(11-36)6-7-22)20(42)15-8-13(4-5-16(15)26)14-9-37-41(10-14)19-17(44-21(27)28)18(38-39(19)2)23(29,24(30,31)32)25(33,34)35/h4-5,8-10,21H,3,6-7,12H2,1-2H3. The summed E-state index contributed by atoms with van der Waals surface area (Å²) in [5, 5.41) is 16.3. The number of alkyl halides is 9. The Labute approximate surface area is 247 Å². The van der Waals surface area contributed by atoms with Gasteiger partial charge in [-0.3, -0.25) is 9.69 Å². The Kier molecular flexibility index (Phi) is 8.61. The number of carbonyl (C=O) groups excluding carboxylic acids is 1. The Hall–Kier alpha value is -3.98. The highest BCUT2D eigenvalue weighted by Crippen LogP contribution is 2.56. The average Bonchev–Trinajstić information content (AvgIpc) is 3.45. The lowest BCUT2D eigenvalue weighted by Crippen LogP contribution is -2.51. The third-order valence-electron chi connectivity index (χ3n) is 6.74. The second-order valence-electron chi connectivity index (χ2n) is 9.52. The van der Waals surface area contributed by atoms with Crippen molar-refractivity contribution in [1.82, 2.24) is 24.5 Å². The molecule has 0 N–H and O–H groups in total. The molecular formula is C25H20ClF9N6O3. The van der Waals surface area contributed by atoms with Crippen LogP contribution in [0.25, 0.3) is 16.9 Å². The van der Waals surface area contributed by atoms with Crippen LogP contribution in [-0.4, -0.2) is 68.2 Å². The molecule has 0 unspecified atom stereocenters. The van der Waals surface area contributed by atoms with E-state index < -0.39 is 53.3 Å². The monoisotopic (exact) mass is 658 g/mol. The normalized spacial score (nSPS) is 14.9. The second-order valence-corrected chi connectivity index (χ2v) is 9.93. The molecule has 1 amide bonds. The minimum Gasteiger partial charge on any atom is -0.429 e. The van der Waals surface area contributed by atoms with Crippen LogP contribution in [0, 0.1) is 11.3 Å². The fourth-order valence-electron chi connectivity index (χ4n) is 4.32. The summed E-state index contributed by atoms with van der Waals surface area (Å²) in [6, 6.07) is 6.06. The fourth-order valence-corrected chi connectivity index (χ4v) is 4.52. The summed E-state index contributed by atoms with van der Waals surface area (Å²) in [5.74, 6) is -3.53. The van der Waals surface area contributed by atoms with Crippen molar-refractivity contribution in [3.8, 4) is 28.8 Å². The van der Waals surface area contributed by atoms with Crippen molar-refractivity contribution in [2.45, 2.75) is 49.9 Å². The van der Waals surface area contributed by atoms with Gasteiger partial charge in [0, 0.05) is 25.4 Å². The molecule has 1 aromatic carbocycles. The first-order valence-electron chi connectivity index (χ1n) is 12.4. The fraction of sp³-hybridized carbons (Fsp3) is 0.440. The lowest BCUT2D eigenvalue weighted by Gasteiger charge is -2.28. The Bertz CT molecular complexity index is 1580. The topological polar surface area (TPSA) is 98.2 Å². The molecule has 44 heavy (non-hydrogen) atoms. The van der Waals surface area contributed by atoms with Crippen LogP contribution in [0.1, 0.15) is 35.8 Å². The molecule has 0 bridgehead atoms. The van der Waals surface area contributed by atoms with Gasteiger partial charge in [0.25, 0.3) is 5.91 Å². The number of benzene rings is 1. The van der Waals surface area contributed by atoms with E-state index in [1.165, 1.54) is 23.1 Å². The van der Waals surface area contributed by atoms with Gasteiger partial charge in [-0.15, -0.1) is 0 Å². The maximum Gasteiger partial charge on any atom is 0.437 e. The van der Waals surface area contributed by atoms with Crippen molar-refractivity contribution in [1.29, 1.82) is 5.26 Å². The van der Waals surface area contributed by atoms with Gasteiger partial charge in [0.05, 0.1) is 22.9 Å². The molecule has 4 rings (SSSR count). The summed E-state index contributed by atoms with van der Waals surface area (Å²) in [4.78, 5) is 14.7. The number of nitriles is 1. The van der Waals surface area contributed by atoms with Gasteiger partial charge in [-0.05, 0) is 37.5 Å². The van der Waals surface area contributed by atoms with Gasteiger partial charge in [0.15, 0.2) is 17.3 Å². The van der Waals surface area contributed by atoms with Gasteiger partial charge < -0.3 is 9.47 Å². The number of aryl methyl sites for hydroxylation is 1. The summed E-state index contributed by atoms with van der Waals surface area (Å²) < 4.78 is 132. The number of carbonyl (C=O) groups is 1. The van der Waals surface area contributed by atoms with E-state index in [4.69, 9.17) is 16.3 Å². The quantitative estimate of drug-likeness (QED) is 0.187. The first kappa shape index (κ1) is 32.9. The van der Waals surface area contributed by atoms with Crippen molar-refractivity contribution in [2.75, 3.05) is 13.3 Å². The molecule has 0 spiro atoms. The van der Waals surface area contributed by atoms with Crippen molar-refractivity contribution in [3.05, 3.63) is 46.9 Å². The Morgan fingerprint density at radius 3 is 2.32 bits per heavy atom. The molecule has 1 saturated carbocycles. The molecule has 0 aliphatic heterocycles. The lowest BCUT2D eigenvalue weighted by atomic mass is 9.99. The molecule has 1 fully saturated rings. The smallest absolute Gasteiger partial charge is 0.429 e. The molecule has 0 saturated heterocycles. The number of aromatic nitrogens is 4. The third-order valence-corrected chi connectivity index (χ3v) is 7.07. The van der Waals surface area contributed by atoms with Gasteiger partial charge in [-0.2, -0.15) is 50.6 Å². The van der Waals surface area contributed by atoms with Gasteiger partial charge in [0.2, 0.25) is 0 Å². The number of hydrogen-bond acceptors (Lipinski definition) is 6. The van der Waals surface area contributed by atoms with Crippen molar-refractivity contribution in [2.24, 2.45) is 7.05 Å². The van der Waals surface area contributed by atoms with Gasteiger partial charge in [-0.1, -0.05) is 17.7 Å². The first-order chi connectivity index (χ1) is 20.4. The summed E-state index contributed by atoms with van der Waals surface area (Å²) in [6.45, 7) is -2.28. The van der Waals surface area contributed by atoms with E-state index in [-0.39, 0.29) is 39.7 Å². The van der Waals surface area contributed by atoms with E-state index in [9.17, 15) is 49.6 Å². The van der Waals surface area contributed by atoms with Crippen LogP contribution in [0.3, 0.4) is 0 Å². The van der Waals surface area contributed by atoms with Gasteiger partial charge in [-0.25, -0.2) is 13.8 Å². The van der Waals surface area contributed by atoms with Crippen LogP contribution in [-0.2, 0) is 17.5 Å². The molecule has 2 heterocycles. The zero-order valence-electron chi connectivity index (χ0n) is 22.5. The largest absolute Gasteiger partial charge is 0.437 e. The number of ether oxygens (including phenoxy) is 2. The van der Waals surface area contributed by atoms with Crippen molar-refractivity contribution >= 4 is 17.5 Å². The molecule has 1 aliphatic rings. The van der Waals surface area contributed by atoms with E-state index in [0.29, 0.717) is 17.5 Å². The number of rotatable bonds is 10. The highest BCUT2D eigenvalue weighted by molar-refractivity contribution is 6.34. The molecule has 2 aromatic heterocycles. The van der Waals surface area contributed by atoms with Crippen molar-refractivity contribution < 1.29 is 53.8 Å².